The summed E-state index contributed by atoms with van der Waals surface area (Å²) >= 11 is 0. The van der Waals surface area contributed by atoms with E-state index >= 15 is 0 Å². The van der Waals surface area contributed by atoms with E-state index in [2.05, 4.69) is 37.4 Å². The van der Waals surface area contributed by atoms with Crippen LogP contribution in [0.15, 0.2) is 18.2 Å². The summed E-state index contributed by atoms with van der Waals surface area (Å²) in [5.74, 6) is 1.07. The lowest BCUT2D eigenvalue weighted by Gasteiger charge is -2.10. The Kier molecular flexibility index (Phi) is 2.73. The van der Waals surface area contributed by atoms with E-state index < -0.39 is 0 Å². The highest BCUT2D eigenvalue weighted by atomic mass is 16.5. The van der Waals surface area contributed by atoms with Crippen molar-refractivity contribution in [2.45, 2.75) is 26.4 Å². The van der Waals surface area contributed by atoms with E-state index in [0.29, 0.717) is 6.10 Å². The average Bonchev–Trinajstić information content (AvgIpc) is 2.56. The molecule has 1 heterocycles. The molecular formula is C12H17NO. The van der Waals surface area contributed by atoms with E-state index in [1.165, 1.54) is 11.1 Å². The number of aryl methyl sites for hydroxylation is 1. The van der Waals surface area contributed by atoms with Crippen LogP contribution < -0.4 is 10.1 Å². The molecule has 2 heteroatoms. The van der Waals surface area contributed by atoms with Crippen molar-refractivity contribution in [2.75, 3.05) is 13.1 Å². The summed E-state index contributed by atoms with van der Waals surface area (Å²) in [7, 11) is 0. The van der Waals surface area contributed by atoms with Crippen molar-refractivity contribution >= 4 is 0 Å². The number of rotatable bonds is 3. The first kappa shape index (κ1) is 9.53. The van der Waals surface area contributed by atoms with E-state index in [-0.39, 0.29) is 0 Å². The first-order valence-electron chi connectivity index (χ1n) is 5.26. The highest BCUT2D eigenvalue weighted by Gasteiger charge is 2.21. The Morgan fingerprint density at radius 2 is 2.36 bits per heavy atom. The van der Waals surface area contributed by atoms with Crippen LogP contribution in [0.25, 0.3) is 0 Å². The predicted octanol–water partition coefficient (Wildman–Crippen LogP) is 1.91. The first-order chi connectivity index (χ1) is 6.79. The Hall–Kier alpha value is -1.02. The minimum Gasteiger partial charge on any atom is -0.488 e. The number of likely N-dealkylation sites (N-methyl/N-ethyl adjacent to an activating group) is 1. The summed E-state index contributed by atoms with van der Waals surface area (Å²) in [6.45, 7) is 6.20. The van der Waals surface area contributed by atoms with Gasteiger partial charge >= 0.3 is 0 Å². The van der Waals surface area contributed by atoms with Gasteiger partial charge in [0.1, 0.15) is 11.9 Å². The van der Waals surface area contributed by atoms with Crippen LogP contribution >= 0.6 is 0 Å². The molecule has 1 N–H and O–H groups in total. The molecule has 2 rings (SSSR count). The van der Waals surface area contributed by atoms with Crippen molar-refractivity contribution in [2.24, 2.45) is 0 Å². The highest BCUT2D eigenvalue weighted by molar-refractivity contribution is 5.40. The minimum absolute atomic E-state index is 0.326. The Bertz CT molecular complexity index is 322. The van der Waals surface area contributed by atoms with Gasteiger partial charge in [0.2, 0.25) is 0 Å². The Morgan fingerprint density at radius 1 is 1.50 bits per heavy atom. The first-order valence-corrected chi connectivity index (χ1v) is 5.26. The van der Waals surface area contributed by atoms with Crippen LogP contribution in [0.3, 0.4) is 0 Å². The van der Waals surface area contributed by atoms with Gasteiger partial charge in [0.25, 0.3) is 0 Å². The monoisotopic (exact) mass is 191 g/mol. The van der Waals surface area contributed by atoms with Crippen LogP contribution in [0, 0.1) is 6.92 Å². The summed E-state index contributed by atoms with van der Waals surface area (Å²) in [6.07, 6.45) is 1.37. The van der Waals surface area contributed by atoms with Gasteiger partial charge in [0, 0.05) is 13.0 Å². The van der Waals surface area contributed by atoms with Crippen LogP contribution in [-0.4, -0.2) is 19.2 Å². The predicted molar refractivity (Wildman–Crippen MR) is 57.8 cm³/mol. The van der Waals surface area contributed by atoms with Crippen molar-refractivity contribution in [1.82, 2.24) is 5.32 Å². The lowest BCUT2D eigenvalue weighted by Crippen LogP contribution is -2.29. The zero-order valence-electron chi connectivity index (χ0n) is 8.84. The molecule has 76 valence electrons. The Morgan fingerprint density at radius 3 is 3.14 bits per heavy atom. The smallest absolute Gasteiger partial charge is 0.123 e. The van der Waals surface area contributed by atoms with Crippen molar-refractivity contribution in [3.05, 3.63) is 29.3 Å². The molecule has 14 heavy (non-hydrogen) atoms. The van der Waals surface area contributed by atoms with Crippen molar-refractivity contribution in [3.63, 3.8) is 0 Å². The third-order valence-electron chi connectivity index (χ3n) is 2.58. The fraction of sp³-hybridized carbons (Fsp3) is 0.500. The van der Waals surface area contributed by atoms with Crippen molar-refractivity contribution < 1.29 is 4.74 Å². The molecular weight excluding hydrogens is 174 g/mol. The normalized spacial score (nSPS) is 19.1. The van der Waals surface area contributed by atoms with E-state index in [4.69, 9.17) is 4.74 Å². The second kappa shape index (κ2) is 4.01. The summed E-state index contributed by atoms with van der Waals surface area (Å²) < 4.78 is 5.80. The zero-order valence-corrected chi connectivity index (χ0v) is 8.84. The fourth-order valence-electron chi connectivity index (χ4n) is 1.87. The number of hydrogen-bond donors (Lipinski definition) is 1. The maximum atomic E-state index is 5.80. The van der Waals surface area contributed by atoms with Crippen molar-refractivity contribution in [3.8, 4) is 5.75 Å². The minimum atomic E-state index is 0.326. The largest absolute Gasteiger partial charge is 0.488 e. The lowest BCUT2D eigenvalue weighted by molar-refractivity contribution is 0.229. The average molecular weight is 191 g/mol. The summed E-state index contributed by atoms with van der Waals surface area (Å²) in [4.78, 5) is 0. The van der Waals surface area contributed by atoms with Crippen LogP contribution in [0.1, 0.15) is 18.1 Å². The van der Waals surface area contributed by atoms with Gasteiger partial charge in [-0.2, -0.15) is 0 Å². The summed E-state index contributed by atoms with van der Waals surface area (Å²) in [5, 5.41) is 3.31. The molecule has 0 spiro atoms. The van der Waals surface area contributed by atoms with E-state index in [9.17, 15) is 0 Å². The SMILES string of the molecule is CCNCC1Cc2cc(C)ccc2O1. The number of benzene rings is 1. The molecule has 0 saturated heterocycles. The summed E-state index contributed by atoms with van der Waals surface area (Å²) in [6, 6.07) is 6.41. The quantitative estimate of drug-likeness (QED) is 0.788. The van der Waals surface area contributed by atoms with Gasteiger partial charge in [0.05, 0.1) is 0 Å². The topological polar surface area (TPSA) is 21.3 Å². The van der Waals surface area contributed by atoms with Gasteiger partial charge < -0.3 is 10.1 Å². The highest BCUT2D eigenvalue weighted by Crippen LogP contribution is 2.28. The van der Waals surface area contributed by atoms with E-state index in [1.807, 2.05) is 0 Å². The number of fused-ring (bicyclic) bond motifs is 1. The molecule has 2 nitrogen and oxygen atoms in total. The lowest BCUT2D eigenvalue weighted by atomic mass is 10.1. The molecule has 0 aliphatic carbocycles. The molecule has 0 saturated carbocycles. The fourth-order valence-corrected chi connectivity index (χ4v) is 1.87. The summed E-state index contributed by atoms with van der Waals surface area (Å²) in [5.41, 5.74) is 2.67. The molecule has 1 unspecified atom stereocenters. The molecule has 0 amide bonds. The van der Waals surface area contributed by atoms with Gasteiger partial charge in [-0.1, -0.05) is 24.6 Å². The molecule has 0 bridgehead atoms. The van der Waals surface area contributed by atoms with Crippen molar-refractivity contribution in [1.29, 1.82) is 0 Å². The zero-order chi connectivity index (χ0) is 9.97. The Balaban J connectivity index is 2.03. The maximum Gasteiger partial charge on any atom is 0.123 e. The molecule has 1 aromatic carbocycles. The van der Waals surface area contributed by atoms with Gasteiger partial charge in [0.15, 0.2) is 0 Å². The molecule has 1 aliphatic rings. The van der Waals surface area contributed by atoms with Crippen LogP contribution in [0.5, 0.6) is 5.75 Å². The van der Waals surface area contributed by atoms with Gasteiger partial charge in [-0.15, -0.1) is 0 Å². The third-order valence-corrected chi connectivity index (χ3v) is 2.58. The second-order valence-electron chi connectivity index (χ2n) is 3.86. The molecule has 1 aromatic rings. The van der Waals surface area contributed by atoms with Gasteiger partial charge in [-0.25, -0.2) is 0 Å². The van der Waals surface area contributed by atoms with Crippen LogP contribution in [-0.2, 0) is 6.42 Å². The van der Waals surface area contributed by atoms with E-state index in [0.717, 1.165) is 25.3 Å². The molecule has 1 atom stereocenters. The van der Waals surface area contributed by atoms with Crippen LogP contribution in [0.4, 0.5) is 0 Å². The van der Waals surface area contributed by atoms with Gasteiger partial charge in [-0.05, 0) is 25.1 Å². The molecule has 0 fully saturated rings. The number of nitrogens with one attached hydrogen (secondary N) is 1. The molecule has 0 aromatic heterocycles. The van der Waals surface area contributed by atoms with Gasteiger partial charge in [-0.3, -0.25) is 0 Å². The molecule has 1 aliphatic heterocycles. The number of hydrogen-bond acceptors (Lipinski definition) is 2. The van der Waals surface area contributed by atoms with E-state index in [1.54, 1.807) is 0 Å². The maximum absolute atomic E-state index is 5.80. The number of ether oxygens (including phenoxy) is 1. The Labute approximate surface area is 85.3 Å². The third kappa shape index (κ3) is 1.90. The molecule has 0 radical (unpaired) electrons. The van der Waals surface area contributed by atoms with Crippen LogP contribution in [0.2, 0.25) is 0 Å². The standard InChI is InChI=1S/C12H17NO/c1-3-13-8-11-7-10-6-9(2)4-5-12(10)14-11/h4-6,11,13H,3,7-8H2,1-2H3. The second-order valence-corrected chi connectivity index (χ2v) is 3.86.